The zero-order chi connectivity index (χ0) is 14.6. The summed E-state index contributed by atoms with van der Waals surface area (Å²) in [6, 6.07) is 10.8. The van der Waals surface area contributed by atoms with Gasteiger partial charge in [0.2, 0.25) is 0 Å². The first-order chi connectivity index (χ1) is 9.39. The molecule has 2 rings (SSSR count). The van der Waals surface area contributed by atoms with Crippen molar-refractivity contribution in [2.45, 2.75) is 71.3 Å². The topological polar surface area (TPSA) is 26.0 Å². The molecule has 1 saturated carbocycles. The Kier molecular flexibility index (Phi) is 4.90. The van der Waals surface area contributed by atoms with Crippen molar-refractivity contribution in [3.8, 4) is 0 Å². The monoisotopic (exact) mass is 273 g/mol. The van der Waals surface area contributed by atoms with Crippen LogP contribution in [0.4, 0.5) is 0 Å². The van der Waals surface area contributed by atoms with Crippen molar-refractivity contribution >= 4 is 0 Å². The zero-order valence-corrected chi connectivity index (χ0v) is 13.5. The van der Waals surface area contributed by atoms with E-state index in [2.05, 4.69) is 51.1 Å². The van der Waals surface area contributed by atoms with Crippen LogP contribution in [0.2, 0.25) is 0 Å². The molecule has 1 heteroatoms. The predicted molar refractivity (Wildman–Crippen MR) is 87.7 cm³/mol. The van der Waals surface area contributed by atoms with Crippen molar-refractivity contribution in [1.29, 1.82) is 0 Å². The summed E-state index contributed by atoms with van der Waals surface area (Å²) in [6.45, 7) is 7.14. The van der Waals surface area contributed by atoms with Crippen LogP contribution in [0.3, 0.4) is 0 Å². The van der Waals surface area contributed by atoms with Gasteiger partial charge in [0.05, 0.1) is 0 Å². The Morgan fingerprint density at radius 3 is 2.45 bits per heavy atom. The van der Waals surface area contributed by atoms with Crippen LogP contribution in [0.1, 0.15) is 64.9 Å². The van der Waals surface area contributed by atoms with Crippen molar-refractivity contribution in [3.05, 3.63) is 35.9 Å². The Hall–Kier alpha value is -0.820. The highest BCUT2D eigenvalue weighted by Crippen LogP contribution is 2.40. The van der Waals surface area contributed by atoms with E-state index in [1.165, 1.54) is 37.7 Å². The molecule has 20 heavy (non-hydrogen) atoms. The van der Waals surface area contributed by atoms with Crippen LogP contribution in [-0.2, 0) is 6.42 Å². The lowest BCUT2D eigenvalue weighted by molar-refractivity contribution is 0.210. The Labute approximate surface area is 125 Å². The molecule has 0 radical (unpaired) electrons. The molecule has 2 unspecified atom stereocenters. The molecular weight excluding hydrogens is 242 g/mol. The first-order valence-electron chi connectivity index (χ1n) is 8.22. The molecule has 0 aliphatic heterocycles. The summed E-state index contributed by atoms with van der Waals surface area (Å²) in [5.41, 5.74) is 8.64. The van der Waals surface area contributed by atoms with E-state index in [9.17, 15) is 0 Å². The molecule has 1 fully saturated rings. The van der Waals surface area contributed by atoms with Gasteiger partial charge in [0.1, 0.15) is 0 Å². The average molecular weight is 273 g/mol. The summed E-state index contributed by atoms with van der Waals surface area (Å²) in [7, 11) is 0. The molecule has 0 spiro atoms. The highest BCUT2D eigenvalue weighted by molar-refractivity contribution is 5.15. The summed E-state index contributed by atoms with van der Waals surface area (Å²) < 4.78 is 0. The third-order valence-electron chi connectivity index (χ3n) is 5.20. The van der Waals surface area contributed by atoms with Gasteiger partial charge in [-0.2, -0.15) is 0 Å². The first kappa shape index (κ1) is 15.6. The lowest BCUT2D eigenvalue weighted by Crippen LogP contribution is -2.39. The highest BCUT2D eigenvalue weighted by atomic mass is 14.7. The van der Waals surface area contributed by atoms with Crippen LogP contribution in [0.5, 0.6) is 0 Å². The largest absolute Gasteiger partial charge is 0.325 e. The smallest absolute Gasteiger partial charge is 0.0157 e. The van der Waals surface area contributed by atoms with E-state index in [1.807, 2.05) is 0 Å². The van der Waals surface area contributed by atoms with Gasteiger partial charge < -0.3 is 5.73 Å². The Bertz CT molecular complexity index is 404. The second-order valence-corrected chi connectivity index (χ2v) is 7.84. The van der Waals surface area contributed by atoms with Crippen LogP contribution >= 0.6 is 0 Å². The molecule has 0 heterocycles. The van der Waals surface area contributed by atoms with Gasteiger partial charge in [-0.3, -0.25) is 0 Å². The van der Waals surface area contributed by atoms with E-state index in [0.29, 0.717) is 5.41 Å². The number of hydrogen-bond donors (Lipinski definition) is 1. The summed E-state index contributed by atoms with van der Waals surface area (Å²) in [5.74, 6) is 0.838. The van der Waals surface area contributed by atoms with Crippen molar-refractivity contribution in [2.75, 3.05) is 0 Å². The van der Waals surface area contributed by atoms with Crippen molar-refractivity contribution in [3.63, 3.8) is 0 Å². The SMILES string of the molecule is CC(C)(C)C1CCCC(N)(CCc2ccccc2)CC1. The van der Waals surface area contributed by atoms with Crippen molar-refractivity contribution in [1.82, 2.24) is 0 Å². The molecule has 2 atom stereocenters. The number of benzene rings is 1. The highest BCUT2D eigenvalue weighted by Gasteiger charge is 2.33. The van der Waals surface area contributed by atoms with E-state index in [0.717, 1.165) is 18.8 Å². The maximum absolute atomic E-state index is 6.71. The molecule has 1 nitrogen and oxygen atoms in total. The molecule has 1 aromatic carbocycles. The Morgan fingerprint density at radius 1 is 1.10 bits per heavy atom. The summed E-state index contributed by atoms with van der Waals surface area (Å²) in [4.78, 5) is 0. The minimum atomic E-state index is 0.0653. The molecule has 0 bridgehead atoms. The second kappa shape index (κ2) is 6.30. The van der Waals surface area contributed by atoms with Gasteiger partial charge in [-0.15, -0.1) is 0 Å². The van der Waals surface area contributed by atoms with Crippen molar-refractivity contribution < 1.29 is 0 Å². The van der Waals surface area contributed by atoms with Gasteiger partial charge in [0.25, 0.3) is 0 Å². The maximum Gasteiger partial charge on any atom is 0.0157 e. The molecule has 0 saturated heterocycles. The predicted octanol–water partition coefficient (Wildman–Crippen LogP) is 4.94. The Morgan fingerprint density at radius 2 is 1.80 bits per heavy atom. The minimum Gasteiger partial charge on any atom is -0.325 e. The van der Waals surface area contributed by atoms with Crippen molar-refractivity contribution in [2.24, 2.45) is 17.1 Å². The van der Waals surface area contributed by atoms with E-state index in [-0.39, 0.29) is 5.54 Å². The zero-order valence-electron chi connectivity index (χ0n) is 13.5. The lowest BCUT2D eigenvalue weighted by Gasteiger charge is -2.31. The quantitative estimate of drug-likeness (QED) is 0.775. The molecule has 1 aliphatic carbocycles. The summed E-state index contributed by atoms with van der Waals surface area (Å²) >= 11 is 0. The Balaban J connectivity index is 1.91. The van der Waals surface area contributed by atoms with Gasteiger partial charge in [-0.05, 0) is 55.4 Å². The van der Waals surface area contributed by atoms with Crippen LogP contribution in [-0.4, -0.2) is 5.54 Å². The number of hydrogen-bond acceptors (Lipinski definition) is 1. The van der Waals surface area contributed by atoms with Gasteiger partial charge in [0, 0.05) is 5.54 Å². The maximum atomic E-state index is 6.71. The molecule has 0 aromatic heterocycles. The molecule has 112 valence electrons. The molecule has 1 aliphatic rings. The molecule has 2 N–H and O–H groups in total. The molecular formula is C19H31N. The van der Waals surface area contributed by atoms with Crippen LogP contribution in [0.15, 0.2) is 30.3 Å². The molecule has 1 aromatic rings. The standard InChI is InChI=1S/C19H31N/c1-18(2,3)17-10-7-13-19(20,15-12-17)14-11-16-8-5-4-6-9-16/h4-6,8-9,17H,7,10-15,20H2,1-3H3. The molecule has 0 amide bonds. The average Bonchev–Trinajstić information content (AvgIpc) is 2.60. The van der Waals surface area contributed by atoms with Gasteiger partial charge >= 0.3 is 0 Å². The summed E-state index contributed by atoms with van der Waals surface area (Å²) in [6.07, 6.45) is 8.61. The van der Waals surface area contributed by atoms with Gasteiger partial charge in [0.15, 0.2) is 0 Å². The van der Waals surface area contributed by atoms with E-state index in [1.54, 1.807) is 0 Å². The number of nitrogens with two attached hydrogens (primary N) is 1. The second-order valence-electron chi connectivity index (χ2n) is 7.84. The van der Waals surface area contributed by atoms with E-state index in [4.69, 9.17) is 5.73 Å². The normalized spacial score (nSPS) is 28.1. The fourth-order valence-electron chi connectivity index (χ4n) is 3.59. The third kappa shape index (κ3) is 4.34. The fourth-order valence-corrected chi connectivity index (χ4v) is 3.59. The summed E-state index contributed by atoms with van der Waals surface area (Å²) in [5, 5.41) is 0. The van der Waals surface area contributed by atoms with Gasteiger partial charge in [-0.1, -0.05) is 57.5 Å². The number of aryl methyl sites for hydroxylation is 1. The minimum absolute atomic E-state index is 0.0653. The lowest BCUT2D eigenvalue weighted by atomic mass is 9.76. The third-order valence-corrected chi connectivity index (χ3v) is 5.20. The number of rotatable bonds is 3. The van der Waals surface area contributed by atoms with Gasteiger partial charge in [-0.25, -0.2) is 0 Å². The van der Waals surface area contributed by atoms with E-state index < -0.39 is 0 Å². The fraction of sp³-hybridized carbons (Fsp3) is 0.684. The first-order valence-corrected chi connectivity index (χ1v) is 8.22. The van der Waals surface area contributed by atoms with Crippen LogP contribution < -0.4 is 5.73 Å². The van der Waals surface area contributed by atoms with Crippen LogP contribution in [0, 0.1) is 11.3 Å². The van der Waals surface area contributed by atoms with E-state index >= 15 is 0 Å². The van der Waals surface area contributed by atoms with Crippen LogP contribution in [0.25, 0.3) is 0 Å².